The predicted molar refractivity (Wildman–Crippen MR) is 121 cm³/mol. The molecule has 0 atom stereocenters. The van der Waals surface area contributed by atoms with E-state index in [4.69, 9.17) is 28.6 Å². The van der Waals surface area contributed by atoms with Crippen LogP contribution >= 0.6 is 23.8 Å². The fourth-order valence-corrected chi connectivity index (χ4v) is 3.29. The molecule has 0 saturated heterocycles. The van der Waals surface area contributed by atoms with Crippen molar-refractivity contribution in [2.45, 2.75) is 13.3 Å². The number of hydrazine groups is 1. The Morgan fingerprint density at radius 1 is 1.00 bits per heavy atom. The smallest absolute Gasteiger partial charge is 0.276 e. The molecule has 6 nitrogen and oxygen atoms in total. The second-order valence-electron chi connectivity index (χ2n) is 6.56. The second-order valence-corrected chi connectivity index (χ2v) is 7.41. The number of hydrogen-bond acceptors (Lipinski definition) is 4. The van der Waals surface area contributed by atoms with Gasteiger partial charge in [-0.2, -0.15) is 0 Å². The van der Waals surface area contributed by atoms with Crippen molar-refractivity contribution in [3.63, 3.8) is 0 Å². The van der Waals surface area contributed by atoms with Gasteiger partial charge in [-0.25, -0.2) is 0 Å². The number of carbonyl (C=O) groups is 2. The summed E-state index contributed by atoms with van der Waals surface area (Å²) in [4.78, 5) is 24.2. The van der Waals surface area contributed by atoms with Gasteiger partial charge in [0.05, 0.1) is 6.42 Å². The van der Waals surface area contributed by atoms with Crippen LogP contribution in [0.4, 0.5) is 0 Å². The number of aryl methyl sites for hydroxylation is 1. The van der Waals surface area contributed by atoms with Gasteiger partial charge >= 0.3 is 0 Å². The summed E-state index contributed by atoms with van der Waals surface area (Å²) in [6.45, 7) is 1.61. The molecule has 0 aliphatic carbocycles. The van der Waals surface area contributed by atoms with Gasteiger partial charge in [0.2, 0.25) is 5.91 Å². The number of hydrogen-bond donors (Lipinski definition) is 3. The van der Waals surface area contributed by atoms with Gasteiger partial charge in [0, 0.05) is 5.02 Å². The first-order valence-corrected chi connectivity index (χ1v) is 9.95. The van der Waals surface area contributed by atoms with E-state index in [0.717, 1.165) is 21.9 Å². The third-order valence-corrected chi connectivity index (χ3v) is 4.73. The van der Waals surface area contributed by atoms with Gasteiger partial charge in [0.25, 0.3) is 5.91 Å². The maximum Gasteiger partial charge on any atom is 0.276 e. The van der Waals surface area contributed by atoms with E-state index >= 15 is 0 Å². The van der Waals surface area contributed by atoms with E-state index in [-0.39, 0.29) is 24.0 Å². The van der Waals surface area contributed by atoms with Crippen LogP contribution in [0.25, 0.3) is 10.8 Å². The van der Waals surface area contributed by atoms with Crippen molar-refractivity contribution in [2.75, 3.05) is 6.61 Å². The van der Waals surface area contributed by atoms with Gasteiger partial charge in [0.1, 0.15) is 5.75 Å². The zero-order chi connectivity index (χ0) is 21.5. The highest BCUT2D eigenvalue weighted by Crippen LogP contribution is 2.21. The maximum absolute atomic E-state index is 12.3. The van der Waals surface area contributed by atoms with Crippen molar-refractivity contribution in [3.8, 4) is 5.75 Å². The molecule has 0 unspecified atom stereocenters. The topological polar surface area (TPSA) is 79.5 Å². The van der Waals surface area contributed by atoms with Crippen LogP contribution in [-0.2, 0) is 16.0 Å². The lowest BCUT2D eigenvalue weighted by atomic mass is 10.0. The fraction of sp³-hybridized carbons (Fsp3) is 0.136. The lowest BCUT2D eigenvalue weighted by molar-refractivity contribution is -0.124. The van der Waals surface area contributed by atoms with Crippen molar-refractivity contribution in [1.82, 2.24) is 16.2 Å². The summed E-state index contributed by atoms with van der Waals surface area (Å²) in [6.07, 6.45) is 0.163. The van der Waals surface area contributed by atoms with Crippen molar-refractivity contribution in [1.29, 1.82) is 0 Å². The number of fused-ring (bicyclic) bond motifs is 1. The minimum Gasteiger partial charge on any atom is -0.483 e. The highest BCUT2D eigenvalue weighted by atomic mass is 35.5. The Kier molecular flexibility index (Phi) is 7.21. The van der Waals surface area contributed by atoms with Crippen LogP contribution in [0, 0.1) is 6.92 Å². The van der Waals surface area contributed by atoms with Gasteiger partial charge < -0.3 is 10.1 Å². The molecule has 0 saturated carbocycles. The first kappa shape index (κ1) is 21.5. The molecule has 0 heterocycles. The Morgan fingerprint density at radius 2 is 1.77 bits per heavy atom. The van der Waals surface area contributed by atoms with Crippen LogP contribution in [0.15, 0.2) is 60.7 Å². The summed E-state index contributed by atoms with van der Waals surface area (Å²) in [5.74, 6) is -0.179. The van der Waals surface area contributed by atoms with E-state index in [1.807, 2.05) is 49.4 Å². The van der Waals surface area contributed by atoms with E-state index < -0.39 is 5.91 Å². The summed E-state index contributed by atoms with van der Waals surface area (Å²) in [7, 11) is 0. The molecule has 0 aromatic heterocycles. The third-order valence-electron chi connectivity index (χ3n) is 4.30. The highest BCUT2D eigenvalue weighted by Gasteiger charge is 2.10. The highest BCUT2D eigenvalue weighted by molar-refractivity contribution is 7.80. The van der Waals surface area contributed by atoms with Crippen LogP contribution in [0.2, 0.25) is 5.02 Å². The van der Waals surface area contributed by atoms with E-state index in [2.05, 4.69) is 16.2 Å². The Labute approximate surface area is 184 Å². The van der Waals surface area contributed by atoms with E-state index in [1.165, 1.54) is 0 Å². The van der Waals surface area contributed by atoms with Crippen LogP contribution in [0.1, 0.15) is 11.1 Å². The summed E-state index contributed by atoms with van der Waals surface area (Å²) < 4.78 is 5.45. The van der Waals surface area contributed by atoms with Gasteiger partial charge in [-0.05, 0) is 59.2 Å². The number of thiocarbonyl (C=S) groups is 1. The number of amides is 2. The van der Waals surface area contributed by atoms with Gasteiger partial charge in [-0.3, -0.25) is 20.4 Å². The molecule has 0 fully saturated rings. The van der Waals surface area contributed by atoms with Crippen LogP contribution in [0.5, 0.6) is 5.75 Å². The molecular formula is C22H20ClN3O3S. The molecule has 3 aromatic rings. The van der Waals surface area contributed by atoms with Crippen LogP contribution < -0.4 is 20.9 Å². The average Bonchev–Trinajstić information content (AvgIpc) is 2.72. The molecule has 0 bridgehead atoms. The second kappa shape index (κ2) is 10.0. The number of halogens is 1. The summed E-state index contributed by atoms with van der Waals surface area (Å²) in [5.41, 5.74) is 6.59. The molecule has 2 amide bonds. The Hall–Kier alpha value is -3.16. The lowest BCUT2D eigenvalue weighted by Crippen LogP contribution is -2.50. The minimum atomic E-state index is -0.449. The molecule has 3 rings (SSSR count). The maximum atomic E-state index is 12.3. The van der Waals surface area contributed by atoms with Crippen molar-refractivity contribution in [2.24, 2.45) is 0 Å². The summed E-state index contributed by atoms with van der Waals surface area (Å²) in [6, 6.07) is 18.8. The van der Waals surface area contributed by atoms with Crippen molar-refractivity contribution >= 4 is 51.5 Å². The van der Waals surface area contributed by atoms with E-state index in [0.29, 0.717) is 10.8 Å². The number of carbonyl (C=O) groups excluding carboxylic acids is 2. The summed E-state index contributed by atoms with van der Waals surface area (Å²) >= 11 is 11.0. The largest absolute Gasteiger partial charge is 0.483 e. The normalized spacial score (nSPS) is 10.3. The zero-order valence-electron chi connectivity index (χ0n) is 16.2. The van der Waals surface area contributed by atoms with Gasteiger partial charge in [-0.15, -0.1) is 0 Å². The molecule has 3 N–H and O–H groups in total. The first-order chi connectivity index (χ1) is 14.4. The van der Waals surface area contributed by atoms with Gasteiger partial charge in [0.15, 0.2) is 11.7 Å². The Balaban J connectivity index is 1.44. The van der Waals surface area contributed by atoms with Crippen molar-refractivity contribution in [3.05, 3.63) is 76.8 Å². The number of benzene rings is 3. The van der Waals surface area contributed by atoms with Crippen molar-refractivity contribution < 1.29 is 14.3 Å². The molecule has 0 spiro atoms. The molecular weight excluding hydrogens is 422 g/mol. The molecule has 0 aliphatic rings. The standard InChI is InChI=1S/C22H20ClN3O3S/c1-14-11-17(23)9-10-19(14)29-13-21(28)25-26-22(30)24-20(27)12-16-7-4-6-15-5-2-3-8-18(15)16/h2-11H,12-13H2,1H3,(H,25,28)(H2,24,26,27,30). The molecule has 0 aliphatic heterocycles. The summed E-state index contributed by atoms with van der Waals surface area (Å²) in [5, 5.41) is 5.21. The van der Waals surface area contributed by atoms with Crippen LogP contribution in [0.3, 0.4) is 0 Å². The quantitative estimate of drug-likeness (QED) is 0.417. The lowest BCUT2D eigenvalue weighted by Gasteiger charge is -2.13. The molecule has 0 radical (unpaired) electrons. The molecule has 3 aromatic carbocycles. The Morgan fingerprint density at radius 3 is 2.57 bits per heavy atom. The molecule has 30 heavy (non-hydrogen) atoms. The van der Waals surface area contributed by atoms with Gasteiger partial charge in [-0.1, -0.05) is 54.1 Å². The average molecular weight is 442 g/mol. The Bertz CT molecular complexity index is 1100. The number of ether oxygens (including phenoxy) is 1. The van der Waals surface area contributed by atoms with E-state index in [1.54, 1.807) is 18.2 Å². The molecule has 154 valence electrons. The van der Waals surface area contributed by atoms with E-state index in [9.17, 15) is 9.59 Å². The minimum absolute atomic E-state index is 0.00346. The molecule has 8 heteroatoms. The van der Waals surface area contributed by atoms with Crippen LogP contribution in [-0.4, -0.2) is 23.5 Å². The third kappa shape index (κ3) is 5.92. The monoisotopic (exact) mass is 441 g/mol. The number of nitrogens with one attached hydrogen (secondary N) is 3. The fourth-order valence-electron chi connectivity index (χ4n) is 2.90. The SMILES string of the molecule is Cc1cc(Cl)ccc1OCC(=O)NNC(=S)NC(=O)Cc1cccc2ccccc12. The first-order valence-electron chi connectivity index (χ1n) is 9.16. The number of rotatable bonds is 5. The zero-order valence-corrected chi connectivity index (χ0v) is 17.8. The predicted octanol–water partition coefficient (Wildman–Crippen LogP) is 3.45.